The van der Waals surface area contributed by atoms with Crippen LogP contribution in [0.5, 0.6) is 0 Å². The van der Waals surface area contributed by atoms with E-state index in [4.69, 9.17) is 37.9 Å². The maximum Gasteiger partial charge on any atom is 0.410 e. The maximum absolute atomic E-state index is 13.3. The molecule has 0 bridgehead atoms. The number of nitrogens with one attached hydrogen (secondary N) is 1. The number of nitrogens with zero attached hydrogens (tertiary/aromatic N) is 4. The molecule has 5 aliphatic rings. The molecule has 2 aromatic carbocycles. The summed E-state index contributed by atoms with van der Waals surface area (Å²) in [5, 5.41) is 4.99. The van der Waals surface area contributed by atoms with Crippen molar-refractivity contribution < 1.29 is 14.3 Å². The first-order valence-electron chi connectivity index (χ1n) is 22.0. The number of halogens is 4. The molecule has 5 heterocycles. The van der Waals surface area contributed by atoms with Crippen molar-refractivity contribution >= 4 is 91.4 Å². The van der Waals surface area contributed by atoms with Crippen molar-refractivity contribution in [3.8, 4) is 0 Å². The SMILES string of the molecule is CC(C)(C)OC(=O)N1CCC(CC(=O)N2CCC(C3c4ccc(Cl)cc4C=Cc4cc(Br)cnc43)CC2)CC1.Clc1ccc2c(c1)C=Cc1cc(Br)cnc1C2C1CCNCC1. The van der Waals surface area contributed by atoms with E-state index >= 15 is 0 Å². The molecule has 0 radical (unpaired) electrons. The summed E-state index contributed by atoms with van der Waals surface area (Å²) in [6.07, 6.45) is 18.6. The van der Waals surface area contributed by atoms with Gasteiger partial charge in [-0.3, -0.25) is 14.8 Å². The van der Waals surface area contributed by atoms with Gasteiger partial charge in [0.2, 0.25) is 5.91 Å². The number of carbonyl (C=O) groups excluding carboxylic acids is 2. The van der Waals surface area contributed by atoms with Crippen LogP contribution < -0.4 is 5.32 Å². The maximum atomic E-state index is 13.3. The fourth-order valence-electron chi connectivity index (χ4n) is 9.95. The zero-order chi connectivity index (χ0) is 43.5. The number of pyridine rings is 2. The van der Waals surface area contributed by atoms with Crippen LogP contribution in [0.1, 0.15) is 122 Å². The van der Waals surface area contributed by atoms with Crippen LogP contribution in [0.25, 0.3) is 24.3 Å². The third-order valence-corrected chi connectivity index (χ3v) is 14.4. The van der Waals surface area contributed by atoms with Gasteiger partial charge in [-0.15, -0.1) is 0 Å². The molecule has 3 aliphatic heterocycles. The number of amides is 2. The van der Waals surface area contributed by atoms with Gasteiger partial charge >= 0.3 is 6.09 Å². The van der Waals surface area contributed by atoms with Crippen molar-refractivity contribution in [3.63, 3.8) is 0 Å². The minimum atomic E-state index is -0.493. The first-order chi connectivity index (χ1) is 29.8. The minimum absolute atomic E-state index is 0.157. The third-order valence-electron chi connectivity index (χ3n) is 13.0. The summed E-state index contributed by atoms with van der Waals surface area (Å²) in [5.74, 6) is 2.04. The van der Waals surface area contributed by atoms with E-state index in [1.807, 2.05) is 56.3 Å². The van der Waals surface area contributed by atoms with Crippen molar-refractivity contribution in [2.45, 2.75) is 83.2 Å². The number of rotatable bonds is 4. The summed E-state index contributed by atoms with van der Waals surface area (Å²) in [4.78, 5) is 39.1. The Bertz CT molecular complexity index is 2230. The molecule has 3 fully saturated rings. The Balaban J connectivity index is 0.000000194. The topological polar surface area (TPSA) is 87.7 Å². The van der Waals surface area contributed by atoms with Crippen LogP contribution in [-0.4, -0.2) is 76.6 Å². The first-order valence-corrected chi connectivity index (χ1v) is 24.4. The lowest BCUT2D eigenvalue weighted by molar-refractivity contribution is -0.134. The number of fused-ring (bicyclic) bond motifs is 4. The van der Waals surface area contributed by atoms with Crippen molar-refractivity contribution in [1.82, 2.24) is 25.1 Å². The molecule has 2 aliphatic carbocycles. The highest BCUT2D eigenvalue weighted by atomic mass is 79.9. The van der Waals surface area contributed by atoms with E-state index in [1.165, 1.54) is 40.8 Å². The van der Waals surface area contributed by atoms with E-state index in [-0.39, 0.29) is 17.9 Å². The predicted molar refractivity (Wildman–Crippen MR) is 258 cm³/mol. The summed E-state index contributed by atoms with van der Waals surface area (Å²) in [5.41, 5.74) is 9.08. The number of hydrogen-bond acceptors (Lipinski definition) is 6. The molecule has 2 unspecified atom stereocenters. The Morgan fingerprint density at radius 3 is 1.65 bits per heavy atom. The van der Waals surface area contributed by atoms with Crippen LogP contribution in [0.2, 0.25) is 10.0 Å². The van der Waals surface area contributed by atoms with E-state index in [0.29, 0.717) is 43.2 Å². The number of benzene rings is 2. The molecule has 12 heteroatoms. The lowest BCUT2D eigenvalue weighted by Gasteiger charge is -2.38. The zero-order valence-electron chi connectivity index (χ0n) is 35.7. The molecule has 8 nitrogen and oxygen atoms in total. The average Bonchev–Trinajstić information content (AvgIpc) is 3.51. The van der Waals surface area contributed by atoms with Gasteiger partial charge in [0, 0.05) is 75.8 Å². The van der Waals surface area contributed by atoms with E-state index in [1.54, 1.807) is 4.90 Å². The monoisotopic (exact) mass is 1000 g/mol. The van der Waals surface area contributed by atoms with Gasteiger partial charge < -0.3 is 19.9 Å². The molecule has 1 N–H and O–H groups in total. The number of piperidine rings is 3. The van der Waals surface area contributed by atoms with Crippen LogP contribution in [0, 0.1) is 17.8 Å². The number of likely N-dealkylation sites (tertiary alicyclic amines) is 2. The van der Waals surface area contributed by atoms with Crippen LogP contribution in [0.4, 0.5) is 4.79 Å². The van der Waals surface area contributed by atoms with E-state index < -0.39 is 5.60 Å². The molecule has 2 aromatic heterocycles. The minimum Gasteiger partial charge on any atom is -0.444 e. The summed E-state index contributed by atoms with van der Waals surface area (Å²) in [6.45, 7) is 10.6. The number of ether oxygens (including phenoxy) is 1. The smallest absolute Gasteiger partial charge is 0.410 e. The zero-order valence-corrected chi connectivity index (χ0v) is 40.4. The second kappa shape index (κ2) is 19.7. The third kappa shape index (κ3) is 10.7. The van der Waals surface area contributed by atoms with Gasteiger partial charge in [0.25, 0.3) is 0 Å². The highest BCUT2D eigenvalue weighted by Crippen LogP contribution is 2.45. The summed E-state index contributed by atoms with van der Waals surface area (Å²) < 4.78 is 7.49. The molecule has 2 atom stereocenters. The second-order valence-electron chi connectivity index (χ2n) is 18.3. The fourth-order valence-corrected chi connectivity index (χ4v) is 11.0. The molecule has 0 spiro atoms. The highest BCUT2D eigenvalue weighted by molar-refractivity contribution is 9.10. The van der Waals surface area contributed by atoms with Crippen LogP contribution in [-0.2, 0) is 9.53 Å². The lowest BCUT2D eigenvalue weighted by Crippen LogP contribution is -2.44. The van der Waals surface area contributed by atoms with Gasteiger partial charge in [0.05, 0.1) is 11.4 Å². The second-order valence-corrected chi connectivity index (χ2v) is 21.0. The van der Waals surface area contributed by atoms with Gasteiger partial charge in [-0.25, -0.2) is 4.79 Å². The van der Waals surface area contributed by atoms with Gasteiger partial charge in [0.1, 0.15) is 5.60 Å². The standard InChI is InChI=1S/C31H37BrClN3O3.C19H18BrClN2/c1-31(2,3)39-30(38)36-12-8-20(9-13-36)16-27(37)35-14-10-21(11-15-35)28-26-7-6-25(33)18-22(26)4-5-23-17-24(32)19-34-29(23)28;20-15-9-14-2-1-13-10-16(21)3-4-17(13)18(19(14)23-11-15)12-5-7-22-8-6-12/h4-7,17-21,28H,8-16H2,1-3H3;1-4,9-12,18,22H,5-8H2. The fraction of sp³-hybridized carbons (Fsp3) is 0.440. The molecule has 4 aromatic rings. The average molecular weight is 1000 g/mol. The number of aromatic nitrogens is 2. The Morgan fingerprint density at radius 1 is 0.677 bits per heavy atom. The number of carbonyl (C=O) groups is 2. The predicted octanol–water partition coefficient (Wildman–Crippen LogP) is 12.5. The van der Waals surface area contributed by atoms with Crippen molar-refractivity contribution in [2.75, 3.05) is 39.3 Å². The van der Waals surface area contributed by atoms with E-state index in [9.17, 15) is 9.59 Å². The van der Waals surface area contributed by atoms with Crippen molar-refractivity contribution in [2.24, 2.45) is 17.8 Å². The Morgan fingerprint density at radius 2 is 1.15 bits per heavy atom. The quantitative estimate of drug-likeness (QED) is 0.219. The lowest BCUT2D eigenvalue weighted by atomic mass is 9.76. The van der Waals surface area contributed by atoms with Gasteiger partial charge in [0.15, 0.2) is 0 Å². The molecule has 9 rings (SSSR count). The molecular formula is C50H55Br2Cl2N5O3. The molecular weight excluding hydrogens is 949 g/mol. The number of hydrogen-bond donors (Lipinski definition) is 1. The summed E-state index contributed by atoms with van der Waals surface area (Å²) >= 11 is 19.7. The van der Waals surface area contributed by atoms with Crippen LogP contribution >= 0.6 is 55.1 Å². The van der Waals surface area contributed by atoms with Crippen molar-refractivity contribution in [1.29, 1.82) is 0 Å². The van der Waals surface area contributed by atoms with Crippen LogP contribution in [0.15, 0.2) is 69.9 Å². The van der Waals surface area contributed by atoms with E-state index in [0.717, 1.165) is 87.7 Å². The Labute approximate surface area is 393 Å². The van der Waals surface area contributed by atoms with Gasteiger partial charge in [-0.2, -0.15) is 0 Å². The molecule has 3 saturated heterocycles. The van der Waals surface area contributed by atoms with Crippen molar-refractivity contribution in [3.05, 3.63) is 125 Å². The molecule has 326 valence electrons. The first kappa shape index (κ1) is 45.0. The summed E-state index contributed by atoms with van der Waals surface area (Å²) in [7, 11) is 0. The molecule has 62 heavy (non-hydrogen) atoms. The Hall–Kier alpha value is -3.54. The Kier molecular flexibility index (Phi) is 14.3. The van der Waals surface area contributed by atoms with E-state index in [2.05, 4.69) is 91.8 Å². The normalized spacial score (nSPS) is 20.4. The largest absolute Gasteiger partial charge is 0.444 e. The van der Waals surface area contributed by atoms with Crippen LogP contribution in [0.3, 0.4) is 0 Å². The van der Waals surface area contributed by atoms with Gasteiger partial charge in [-0.05, 0) is 192 Å². The summed E-state index contributed by atoms with van der Waals surface area (Å²) in [6, 6.07) is 16.7. The van der Waals surface area contributed by atoms with Gasteiger partial charge in [-0.1, -0.05) is 59.6 Å². The molecule has 2 amide bonds. The molecule has 0 saturated carbocycles. The highest BCUT2D eigenvalue weighted by Gasteiger charge is 2.36.